The number of piperidine rings is 2. The first-order chi connectivity index (χ1) is 23.0. The molecule has 1 saturated carbocycles. The number of benzene rings is 2. The lowest BCUT2D eigenvalue weighted by atomic mass is 9.57. The Labute approximate surface area is 291 Å². The van der Waals surface area contributed by atoms with Gasteiger partial charge in [0.1, 0.15) is 16.7 Å². The van der Waals surface area contributed by atoms with E-state index >= 15 is 0 Å². The van der Waals surface area contributed by atoms with Gasteiger partial charge in [0.2, 0.25) is 11.9 Å². The third kappa shape index (κ3) is 8.37. The molecule has 0 aromatic heterocycles. The first kappa shape index (κ1) is 36.6. The second-order valence-electron chi connectivity index (χ2n) is 16.5. The number of carbonyl (C=O) groups excluding carboxylic acids is 3. The van der Waals surface area contributed by atoms with Gasteiger partial charge in [-0.15, -0.1) is 0 Å². The molecule has 1 aliphatic carbocycles. The van der Waals surface area contributed by atoms with Gasteiger partial charge in [0.15, 0.2) is 0 Å². The quantitative estimate of drug-likeness (QED) is 0.193. The van der Waals surface area contributed by atoms with Gasteiger partial charge in [-0.1, -0.05) is 56.3 Å². The molecule has 4 aliphatic rings. The molecule has 3 aliphatic heterocycles. The monoisotopic (exact) mass is 676 g/mol. The summed E-state index contributed by atoms with van der Waals surface area (Å²) in [6.45, 7) is 18.0. The van der Waals surface area contributed by atoms with Crippen LogP contribution in [0.4, 0.5) is 9.59 Å². The molecule has 49 heavy (non-hydrogen) atoms. The minimum Gasteiger partial charge on any atom is -0.444 e. The van der Waals surface area contributed by atoms with Crippen LogP contribution in [-0.4, -0.2) is 82.8 Å². The fraction of sp³-hybridized carbons (Fsp3) is 0.632. The van der Waals surface area contributed by atoms with Gasteiger partial charge >= 0.3 is 12.2 Å². The van der Waals surface area contributed by atoms with Crippen molar-refractivity contribution >= 4 is 34.8 Å². The van der Waals surface area contributed by atoms with E-state index < -0.39 is 28.9 Å². The lowest BCUT2D eigenvalue weighted by Gasteiger charge is -2.56. The first-order valence-corrected chi connectivity index (χ1v) is 17.8. The molecule has 3 heterocycles. The van der Waals surface area contributed by atoms with Crippen LogP contribution in [0.15, 0.2) is 42.5 Å². The molecule has 4 N–H and O–H groups in total. The molecule has 3 saturated heterocycles. The molecule has 0 radical (unpaired) electrons. The van der Waals surface area contributed by atoms with Gasteiger partial charge in [-0.2, -0.15) is 0 Å². The molecule has 6 rings (SSSR count). The van der Waals surface area contributed by atoms with Gasteiger partial charge in [0.05, 0.1) is 0 Å². The van der Waals surface area contributed by atoms with E-state index in [1.165, 1.54) is 4.90 Å². The predicted octanol–water partition coefficient (Wildman–Crippen LogP) is 5.87. The van der Waals surface area contributed by atoms with Gasteiger partial charge in [-0.05, 0) is 94.9 Å². The normalized spacial score (nSPS) is 24.9. The maximum atomic E-state index is 14.3. The Morgan fingerprint density at radius 2 is 1.73 bits per heavy atom. The lowest BCUT2D eigenvalue weighted by molar-refractivity contribution is -0.139. The van der Waals surface area contributed by atoms with Crippen LogP contribution in [-0.2, 0) is 20.8 Å². The van der Waals surface area contributed by atoms with E-state index in [9.17, 15) is 14.4 Å². The number of guanidine groups is 1. The maximum Gasteiger partial charge on any atom is 0.417 e. The molecular weight excluding hydrogens is 620 g/mol. The third-order valence-electron chi connectivity index (χ3n) is 10.00. The maximum absolute atomic E-state index is 14.3. The van der Waals surface area contributed by atoms with E-state index in [0.29, 0.717) is 37.3 Å². The van der Waals surface area contributed by atoms with E-state index in [4.69, 9.17) is 14.9 Å². The fourth-order valence-corrected chi connectivity index (χ4v) is 8.25. The van der Waals surface area contributed by atoms with E-state index in [1.54, 1.807) is 41.5 Å². The highest BCUT2D eigenvalue weighted by Crippen LogP contribution is 2.53. The van der Waals surface area contributed by atoms with Crippen molar-refractivity contribution < 1.29 is 23.9 Å². The van der Waals surface area contributed by atoms with E-state index in [-0.39, 0.29) is 30.4 Å². The number of alkyl carbamates (subject to hydrolysis) is 1. The smallest absolute Gasteiger partial charge is 0.417 e. The van der Waals surface area contributed by atoms with Gasteiger partial charge < -0.3 is 20.1 Å². The van der Waals surface area contributed by atoms with Crippen molar-refractivity contribution in [2.45, 2.75) is 104 Å². The number of rotatable bonds is 9. The lowest BCUT2D eigenvalue weighted by Crippen LogP contribution is -2.74. The average Bonchev–Trinajstić information content (AvgIpc) is 3.30. The van der Waals surface area contributed by atoms with Crippen LogP contribution in [0.2, 0.25) is 0 Å². The highest BCUT2D eigenvalue weighted by molar-refractivity contribution is 5.99. The largest absolute Gasteiger partial charge is 0.444 e. The van der Waals surface area contributed by atoms with Crippen molar-refractivity contribution in [2.75, 3.05) is 26.2 Å². The molecule has 4 bridgehead atoms. The number of likely N-dealkylation sites (tertiary alicyclic amines) is 1. The topological polar surface area (TPSA) is 136 Å². The number of hydrogen-bond donors (Lipinski definition) is 4. The summed E-state index contributed by atoms with van der Waals surface area (Å²) in [6.07, 6.45) is 0.793. The number of hydrogen-bond acceptors (Lipinski definition) is 8. The Morgan fingerprint density at radius 1 is 1.04 bits per heavy atom. The molecule has 5 unspecified atom stereocenters. The van der Waals surface area contributed by atoms with Crippen molar-refractivity contribution in [1.82, 2.24) is 25.8 Å². The summed E-state index contributed by atoms with van der Waals surface area (Å²) in [4.78, 5) is 43.7. The van der Waals surface area contributed by atoms with Crippen LogP contribution in [0.3, 0.4) is 0 Å². The standard InChI is InChI=1S/C38H56N6O5/c1-24(2)19-30-31-29-22-41-38(30,32(45)40-21-26-15-11-14-25-13-9-10-16-28(25)26)20-27(29)23-43(31)17-12-18-44(35(47)49-37(6,7)8)33(39)42-34(46)48-36(3,4)5/h9-11,13-16,24,27,29-31,41H,12,17-23H2,1-8H3,(H,40,45)(H2,39,42,46). The van der Waals surface area contributed by atoms with Crippen molar-refractivity contribution in [2.24, 2.45) is 23.7 Å². The van der Waals surface area contributed by atoms with Crippen molar-refractivity contribution in [3.8, 4) is 0 Å². The van der Waals surface area contributed by atoms with E-state index in [2.05, 4.69) is 59.0 Å². The van der Waals surface area contributed by atoms with Crippen LogP contribution in [0.1, 0.15) is 80.2 Å². The summed E-state index contributed by atoms with van der Waals surface area (Å²) in [5.41, 5.74) is -1.06. The van der Waals surface area contributed by atoms with Crippen molar-refractivity contribution in [3.63, 3.8) is 0 Å². The Bertz CT molecular complexity index is 1540. The van der Waals surface area contributed by atoms with Crippen LogP contribution in [0.25, 0.3) is 10.8 Å². The number of carbonyl (C=O) groups is 3. The van der Waals surface area contributed by atoms with Gasteiger partial charge in [-0.25, -0.2) is 14.5 Å². The number of nitrogens with one attached hydrogen (secondary N) is 4. The summed E-state index contributed by atoms with van der Waals surface area (Å²) in [5, 5.41) is 20.4. The molecule has 11 heteroatoms. The molecule has 5 atom stereocenters. The van der Waals surface area contributed by atoms with Crippen LogP contribution >= 0.6 is 0 Å². The summed E-state index contributed by atoms with van der Waals surface area (Å²) < 4.78 is 10.9. The zero-order valence-corrected chi connectivity index (χ0v) is 30.5. The number of amides is 3. The number of ether oxygens (including phenoxy) is 2. The summed E-state index contributed by atoms with van der Waals surface area (Å²) in [6, 6.07) is 14.7. The number of fused-ring (bicyclic) bond motifs is 2. The number of nitrogens with zero attached hydrogens (tertiary/aromatic N) is 2. The van der Waals surface area contributed by atoms with Crippen molar-refractivity contribution in [3.05, 3.63) is 48.0 Å². The summed E-state index contributed by atoms with van der Waals surface area (Å²) in [7, 11) is 0. The summed E-state index contributed by atoms with van der Waals surface area (Å²) >= 11 is 0. The van der Waals surface area contributed by atoms with Crippen LogP contribution in [0.5, 0.6) is 0 Å². The van der Waals surface area contributed by atoms with Gasteiger partial charge in [0.25, 0.3) is 0 Å². The third-order valence-corrected chi connectivity index (χ3v) is 10.00. The molecule has 2 aromatic rings. The summed E-state index contributed by atoms with van der Waals surface area (Å²) in [5.74, 6) is 1.09. The molecule has 3 amide bonds. The molecule has 0 spiro atoms. The van der Waals surface area contributed by atoms with Gasteiger partial charge in [0, 0.05) is 44.7 Å². The SMILES string of the molecule is CC(C)CC1C2C3CNC1(C(=O)NCc1cccc4ccccc14)CC3CN2CCCN(C(=N)NC(=O)OC(C)(C)C)C(=O)OC(C)(C)C. The second-order valence-corrected chi connectivity index (χ2v) is 16.5. The van der Waals surface area contributed by atoms with Crippen LogP contribution < -0.4 is 16.0 Å². The zero-order valence-electron chi connectivity index (χ0n) is 30.5. The molecule has 2 aromatic carbocycles. The minimum absolute atomic E-state index is 0.0823. The fourth-order valence-electron chi connectivity index (χ4n) is 8.25. The Balaban J connectivity index is 1.29. The van der Waals surface area contributed by atoms with Crippen molar-refractivity contribution in [1.29, 1.82) is 5.41 Å². The second kappa shape index (κ2) is 14.3. The Hall–Kier alpha value is -3.70. The molecule has 4 fully saturated rings. The molecule has 11 nitrogen and oxygen atoms in total. The molecule has 268 valence electrons. The highest BCUT2D eigenvalue weighted by Gasteiger charge is 2.64. The Kier molecular flexibility index (Phi) is 10.6. The highest BCUT2D eigenvalue weighted by atomic mass is 16.6. The predicted molar refractivity (Wildman–Crippen MR) is 191 cm³/mol. The Morgan fingerprint density at radius 3 is 2.43 bits per heavy atom. The average molecular weight is 677 g/mol. The van der Waals surface area contributed by atoms with E-state index in [1.807, 2.05) is 18.2 Å². The van der Waals surface area contributed by atoms with E-state index in [0.717, 1.165) is 42.3 Å². The van der Waals surface area contributed by atoms with Gasteiger partial charge in [-0.3, -0.25) is 20.4 Å². The van der Waals surface area contributed by atoms with Crippen LogP contribution in [0, 0.1) is 29.1 Å². The minimum atomic E-state index is -0.802. The molecular formula is C38H56N6O5. The zero-order chi connectivity index (χ0) is 35.7. The first-order valence-electron chi connectivity index (χ1n) is 17.8.